The van der Waals surface area contributed by atoms with Gasteiger partial charge in [-0.1, -0.05) is 6.92 Å². The molecule has 0 aliphatic carbocycles. The Morgan fingerprint density at radius 1 is 1.44 bits per heavy atom. The molecule has 0 spiro atoms. The highest BCUT2D eigenvalue weighted by atomic mass is 16.4. The number of nitrogens with zero attached hydrogens (tertiary/aromatic N) is 4. The fourth-order valence-corrected chi connectivity index (χ4v) is 2.03. The van der Waals surface area contributed by atoms with Gasteiger partial charge in [-0.3, -0.25) is 0 Å². The summed E-state index contributed by atoms with van der Waals surface area (Å²) in [6.07, 6.45) is 2.32. The highest BCUT2D eigenvalue weighted by Crippen LogP contribution is 2.25. The van der Waals surface area contributed by atoms with Gasteiger partial charge < -0.3 is 14.6 Å². The van der Waals surface area contributed by atoms with E-state index in [1.807, 2.05) is 25.9 Å². The van der Waals surface area contributed by atoms with Crippen molar-refractivity contribution in [1.82, 2.24) is 14.5 Å². The maximum Gasteiger partial charge on any atom is 0.352 e. The Hall–Kier alpha value is -2.11. The first-order valence-corrected chi connectivity index (χ1v) is 5.81. The van der Waals surface area contributed by atoms with E-state index in [4.69, 9.17) is 0 Å². The predicted molar refractivity (Wildman–Crippen MR) is 69.1 cm³/mol. The number of aromatic carboxylic acids is 1. The fraction of sp³-hybridized carbons (Fsp3) is 0.417. The van der Waals surface area contributed by atoms with Crippen LogP contribution in [0, 0.1) is 0 Å². The Morgan fingerprint density at radius 3 is 2.72 bits per heavy atom. The highest BCUT2D eigenvalue weighted by molar-refractivity contribution is 5.97. The quantitative estimate of drug-likeness (QED) is 0.890. The smallest absolute Gasteiger partial charge is 0.352 e. The van der Waals surface area contributed by atoms with Gasteiger partial charge in [0.05, 0.1) is 5.39 Å². The summed E-state index contributed by atoms with van der Waals surface area (Å²) < 4.78 is 1.73. The summed E-state index contributed by atoms with van der Waals surface area (Å²) >= 11 is 0. The lowest BCUT2D eigenvalue weighted by Crippen LogP contribution is -2.11. The molecule has 1 N–H and O–H groups in total. The van der Waals surface area contributed by atoms with Gasteiger partial charge in [-0.25, -0.2) is 14.8 Å². The summed E-state index contributed by atoms with van der Waals surface area (Å²) in [5.74, 6) is -0.205. The average Bonchev–Trinajstić information content (AvgIpc) is 2.68. The molecule has 96 valence electrons. The Kier molecular flexibility index (Phi) is 3.18. The Balaban J connectivity index is 2.75. The molecule has 6 nitrogen and oxygen atoms in total. The van der Waals surface area contributed by atoms with Crippen LogP contribution in [-0.2, 0) is 6.54 Å². The van der Waals surface area contributed by atoms with Crippen molar-refractivity contribution in [2.24, 2.45) is 0 Å². The molecule has 0 saturated carbocycles. The molecule has 6 heteroatoms. The second-order valence-corrected chi connectivity index (χ2v) is 4.32. The van der Waals surface area contributed by atoms with Crippen molar-refractivity contribution in [2.75, 3.05) is 19.0 Å². The lowest BCUT2D eigenvalue weighted by Gasteiger charge is -2.11. The first kappa shape index (κ1) is 12.3. The molecule has 2 heterocycles. The molecule has 2 aromatic heterocycles. The molecule has 2 rings (SSSR count). The van der Waals surface area contributed by atoms with Crippen LogP contribution in [0.3, 0.4) is 0 Å². The van der Waals surface area contributed by atoms with E-state index < -0.39 is 5.97 Å². The number of carboxylic acids is 1. The minimum atomic E-state index is -0.939. The minimum Gasteiger partial charge on any atom is -0.477 e. The van der Waals surface area contributed by atoms with E-state index in [1.54, 1.807) is 10.6 Å². The molecular weight excluding hydrogens is 232 g/mol. The third kappa shape index (κ3) is 1.90. The standard InChI is InChI=1S/C12H16N4O2/c1-4-5-16-9(12(17)18)6-8-10(15(2)3)13-7-14-11(8)16/h6-7H,4-5H2,1-3H3,(H,17,18). The van der Waals surface area contributed by atoms with E-state index in [-0.39, 0.29) is 5.69 Å². The molecule has 0 radical (unpaired) electrons. The first-order chi connectivity index (χ1) is 8.56. The van der Waals surface area contributed by atoms with Gasteiger partial charge in [0.2, 0.25) is 0 Å². The number of aromatic nitrogens is 3. The molecule has 0 saturated heterocycles. The van der Waals surface area contributed by atoms with Crippen LogP contribution in [0.1, 0.15) is 23.8 Å². The van der Waals surface area contributed by atoms with Crippen molar-refractivity contribution in [3.8, 4) is 0 Å². The minimum absolute atomic E-state index is 0.260. The van der Waals surface area contributed by atoms with Crippen molar-refractivity contribution < 1.29 is 9.90 Å². The van der Waals surface area contributed by atoms with Gasteiger partial charge in [0.1, 0.15) is 23.5 Å². The molecule has 0 aromatic carbocycles. The molecule has 0 aliphatic heterocycles. The summed E-state index contributed by atoms with van der Waals surface area (Å²) in [5.41, 5.74) is 0.934. The van der Waals surface area contributed by atoms with Crippen LogP contribution < -0.4 is 4.90 Å². The summed E-state index contributed by atoms with van der Waals surface area (Å²) in [6.45, 7) is 2.64. The largest absolute Gasteiger partial charge is 0.477 e. The van der Waals surface area contributed by atoms with Gasteiger partial charge in [0, 0.05) is 20.6 Å². The maximum atomic E-state index is 11.3. The van der Waals surface area contributed by atoms with E-state index in [0.29, 0.717) is 12.2 Å². The van der Waals surface area contributed by atoms with E-state index >= 15 is 0 Å². The number of fused-ring (bicyclic) bond motifs is 1. The fourth-order valence-electron chi connectivity index (χ4n) is 2.03. The third-order valence-electron chi connectivity index (χ3n) is 2.76. The third-order valence-corrected chi connectivity index (χ3v) is 2.76. The van der Waals surface area contributed by atoms with E-state index in [0.717, 1.165) is 17.6 Å². The van der Waals surface area contributed by atoms with Crippen LogP contribution >= 0.6 is 0 Å². The van der Waals surface area contributed by atoms with Gasteiger partial charge in [0.15, 0.2) is 0 Å². The second-order valence-electron chi connectivity index (χ2n) is 4.32. The van der Waals surface area contributed by atoms with Crippen LogP contribution in [0.4, 0.5) is 5.82 Å². The van der Waals surface area contributed by atoms with Crippen LogP contribution in [0.2, 0.25) is 0 Å². The van der Waals surface area contributed by atoms with Gasteiger partial charge >= 0.3 is 5.97 Å². The normalized spacial score (nSPS) is 10.8. The van der Waals surface area contributed by atoms with E-state index in [2.05, 4.69) is 9.97 Å². The maximum absolute atomic E-state index is 11.3. The summed E-state index contributed by atoms with van der Waals surface area (Å²) in [5, 5.41) is 10.0. The molecular formula is C12H16N4O2. The average molecular weight is 248 g/mol. The number of hydrogen-bond donors (Lipinski definition) is 1. The topological polar surface area (TPSA) is 71.2 Å². The molecule has 2 aromatic rings. The highest BCUT2D eigenvalue weighted by Gasteiger charge is 2.18. The van der Waals surface area contributed by atoms with Gasteiger partial charge in [-0.15, -0.1) is 0 Å². The van der Waals surface area contributed by atoms with Crippen LogP contribution in [0.15, 0.2) is 12.4 Å². The van der Waals surface area contributed by atoms with E-state index in [9.17, 15) is 9.90 Å². The van der Waals surface area contributed by atoms with Crippen molar-refractivity contribution in [3.05, 3.63) is 18.1 Å². The molecule has 0 fully saturated rings. The zero-order valence-electron chi connectivity index (χ0n) is 10.7. The first-order valence-electron chi connectivity index (χ1n) is 5.81. The summed E-state index contributed by atoms with van der Waals surface area (Å²) in [4.78, 5) is 21.5. The van der Waals surface area contributed by atoms with Crippen molar-refractivity contribution in [1.29, 1.82) is 0 Å². The molecule has 18 heavy (non-hydrogen) atoms. The Morgan fingerprint density at radius 2 is 2.17 bits per heavy atom. The van der Waals surface area contributed by atoms with Gasteiger partial charge in [-0.05, 0) is 12.5 Å². The number of aryl methyl sites for hydroxylation is 1. The summed E-state index contributed by atoms with van der Waals surface area (Å²) in [7, 11) is 3.75. The lowest BCUT2D eigenvalue weighted by molar-refractivity contribution is 0.0685. The number of carboxylic acid groups (broad SMARTS) is 1. The number of anilines is 1. The van der Waals surface area contributed by atoms with Crippen LogP contribution in [-0.4, -0.2) is 39.7 Å². The number of hydrogen-bond acceptors (Lipinski definition) is 4. The molecule has 0 unspecified atom stereocenters. The second kappa shape index (κ2) is 4.64. The zero-order valence-corrected chi connectivity index (χ0v) is 10.7. The van der Waals surface area contributed by atoms with Crippen molar-refractivity contribution >= 4 is 22.8 Å². The molecule has 0 aliphatic rings. The number of carbonyl (C=O) groups is 1. The van der Waals surface area contributed by atoms with Crippen LogP contribution in [0.5, 0.6) is 0 Å². The SMILES string of the molecule is CCCn1c(C(=O)O)cc2c(N(C)C)ncnc21. The Bertz CT molecular complexity index is 589. The van der Waals surface area contributed by atoms with Crippen molar-refractivity contribution in [3.63, 3.8) is 0 Å². The monoisotopic (exact) mass is 248 g/mol. The molecule has 0 atom stereocenters. The predicted octanol–water partition coefficient (Wildman–Crippen LogP) is 1.61. The zero-order chi connectivity index (χ0) is 13.3. The van der Waals surface area contributed by atoms with Crippen LogP contribution in [0.25, 0.3) is 11.0 Å². The molecule has 0 amide bonds. The lowest BCUT2D eigenvalue weighted by atomic mass is 10.3. The van der Waals surface area contributed by atoms with Gasteiger partial charge in [0.25, 0.3) is 0 Å². The van der Waals surface area contributed by atoms with Crippen molar-refractivity contribution in [2.45, 2.75) is 19.9 Å². The molecule has 0 bridgehead atoms. The summed E-state index contributed by atoms with van der Waals surface area (Å²) in [6, 6.07) is 1.64. The number of rotatable bonds is 4. The Labute approximate surface area is 105 Å². The van der Waals surface area contributed by atoms with Gasteiger partial charge in [-0.2, -0.15) is 0 Å². The van der Waals surface area contributed by atoms with E-state index in [1.165, 1.54) is 6.33 Å².